The zero-order valence-electron chi connectivity index (χ0n) is 6.25. The molecule has 1 aliphatic heterocycles. The second kappa shape index (κ2) is 2.47. The number of nitrogens with one attached hydrogen (secondary N) is 1. The van der Waals surface area contributed by atoms with Crippen molar-refractivity contribution in [1.82, 2.24) is 10.3 Å². The molecule has 11 heavy (non-hydrogen) atoms. The Morgan fingerprint density at radius 1 is 1.73 bits per heavy atom. The van der Waals surface area contributed by atoms with Crippen molar-refractivity contribution in [1.29, 1.82) is 0 Å². The average Bonchev–Trinajstić information content (AvgIpc) is 2.87. The lowest BCUT2D eigenvalue weighted by Crippen LogP contribution is -1.87. The molecule has 0 aromatic carbocycles. The summed E-state index contributed by atoms with van der Waals surface area (Å²) >= 11 is 0. The minimum atomic E-state index is 0.566. The maximum absolute atomic E-state index is 4.12. The molecule has 2 heteroatoms. The number of pyridine rings is 1. The summed E-state index contributed by atoms with van der Waals surface area (Å²) in [6.45, 7) is 4.77. The largest absolute Gasteiger partial charge is 0.307 e. The normalized spacial score (nSPS) is 21.3. The Hall–Kier alpha value is -1.15. The summed E-state index contributed by atoms with van der Waals surface area (Å²) in [5.41, 5.74) is 2.27. The SMILES string of the molecule is C=Cc1cc([C@H]2CN2)ccn1. The first kappa shape index (κ1) is 6.55. The van der Waals surface area contributed by atoms with E-state index in [-0.39, 0.29) is 0 Å². The van der Waals surface area contributed by atoms with E-state index in [1.807, 2.05) is 12.3 Å². The van der Waals surface area contributed by atoms with Gasteiger partial charge in [0, 0.05) is 18.8 Å². The van der Waals surface area contributed by atoms with Gasteiger partial charge in [0.15, 0.2) is 0 Å². The monoisotopic (exact) mass is 146 g/mol. The van der Waals surface area contributed by atoms with E-state index in [2.05, 4.69) is 22.9 Å². The van der Waals surface area contributed by atoms with Gasteiger partial charge in [0.2, 0.25) is 0 Å². The molecule has 0 unspecified atom stereocenters. The first-order chi connectivity index (χ1) is 5.40. The maximum atomic E-state index is 4.12. The summed E-state index contributed by atoms with van der Waals surface area (Å²) in [6.07, 6.45) is 3.60. The molecule has 0 saturated carbocycles. The first-order valence-corrected chi connectivity index (χ1v) is 3.72. The van der Waals surface area contributed by atoms with Crippen molar-refractivity contribution in [3.05, 3.63) is 36.2 Å². The third kappa shape index (κ3) is 1.30. The van der Waals surface area contributed by atoms with E-state index < -0.39 is 0 Å². The molecule has 56 valence electrons. The van der Waals surface area contributed by atoms with Crippen molar-refractivity contribution in [3.8, 4) is 0 Å². The molecule has 1 N–H and O–H groups in total. The van der Waals surface area contributed by atoms with E-state index in [0.29, 0.717) is 6.04 Å². The van der Waals surface area contributed by atoms with Crippen LogP contribution in [0, 0.1) is 0 Å². The van der Waals surface area contributed by atoms with Gasteiger partial charge in [-0.15, -0.1) is 0 Å². The number of aromatic nitrogens is 1. The lowest BCUT2D eigenvalue weighted by Gasteiger charge is -1.96. The quantitative estimate of drug-likeness (QED) is 0.639. The minimum Gasteiger partial charge on any atom is -0.307 e. The predicted molar refractivity (Wildman–Crippen MR) is 45.1 cm³/mol. The Labute approximate surface area is 66.0 Å². The maximum Gasteiger partial charge on any atom is 0.0627 e. The molecule has 0 amide bonds. The van der Waals surface area contributed by atoms with Gasteiger partial charge < -0.3 is 5.32 Å². The molecule has 0 aliphatic carbocycles. The Bertz CT molecular complexity index is 277. The van der Waals surface area contributed by atoms with Crippen LogP contribution < -0.4 is 5.32 Å². The van der Waals surface area contributed by atoms with Gasteiger partial charge in [-0.1, -0.05) is 6.58 Å². The van der Waals surface area contributed by atoms with Crippen molar-refractivity contribution < 1.29 is 0 Å². The van der Waals surface area contributed by atoms with Crippen molar-refractivity contribution in [2.24, 2.45) is 0 Å². The average molecular weight is 146 g/mol. The zero-order valence-corrected chi connectivity index (χ0v) is 6.25. The van der Waals surface area contributed by atoms with E-state index in [9.17, 15) is 0 Å². The minimum absolute atomic E-state index is 0.566. The van der Waals surface area contributed by atoms with Gasteiger partial charge >= 0.3 is 0 Å². The highest BCUT2D eigenvalue weighted by atomic mass is 15.1. The third-order valence-electron chi connectivity index (χ3n) is 1.82. The smallest absolute Gasteiger partial charge is 0.0627 e. The van der Waals surface area contributed by atoms with Crippen molar-refractivity contribution in [2.45, 2.75) is 6.04 Å². The second-order valence-corrected chi connectivity index (χ2v) is 2.68. The highest BCUT2D eigenvalue weighted by Gasteiger charge is 2.21. The highest BCUT2D eigenvalue weighted by Crippen LogP contribution is 2.21. The van der Waals surface area contributed by atoms with Crippen LogP contribution in [0.25, 0.3) is 6.08 Å². The molecule has 0 radical (unpaired) electrons. The topological polar surface area (TPSA) is 34.8 Å². The summed E-state index contributed by atoms with van der Waals surface area (Å²) in [4.78, 5) is 4.12. The van der Waals surface area contributed by atoms with Crippen LogP contribution in [0.1, 0.15) is 17.3 Å². The summed E-state index contributed by atoms with van der Waals surface area (Å²) in [5.74, 6) is 0. The molecule has 2 nitrogen and oxygen atoms in total. The van der Waals surface area contributed by atoms with E-state index >= 15 is 0 Å². The van der Waals surface area contributed by atoms with Crippen molar-refractivity contribution in [3.63, 3.8) is 0 Å². The van der Waals surface area contributed by atoms with Crippen molar-refractivity contribution >= 4 is 6.08 Å². The van der Waals surface area contributed by atoms with Gasteiger partial charge in [0.05, 0.1) is 5.69 Å². The van der Waals surface area contributed by atoms with Gasteiger partial charge in [0.1, 0.15) is 0 Å². The highest BCUT2D eigenvalue weighted by molar-refractivity contribution is 5.43. The number of rotatable bonds is 2. The summed E-state index contributed by atoms with van der Waals surface area (Å²) in [5, 5.41) is 3.24. The van der Waals surface area contributed by atoms with Crippen LogP contribution in [0.3, 0.4) is 0 Å². The van der Waals surface area contributed by atoms with Crippen molar-refractivity contribution in [2.75, 3.05) is 6.54 Å². The molecular formula is C9H10N2. The summed E-state index contributed by atoms with van der Waals surface area (Å²) in [6, 6.07) is 4.67. The predicted octanol–water partition coefficient (Wildman–Crippen LogP) is 1.37. The van der Waals surface area contributed by atoms with E-state index in [1.165, 1.54) is 5.56 Å². The molecule has 1 fully saturated rings. The summed E-state index contributed by atoms with van der Waals surface area (Å²) < 4.78 is 0. The number of nitrogens with zero attached hydrogens (tertiary/aromatic N) is 1. The van der Waals surface area contributed by atoms with E-state index in [0.717, 1.165) is 12.2 Å². The van der Waals surface area contributed by atoms with Crippen LogP contribution in [0.5, 0.6) is 0 Å². The first-order valence-electron chi connectivity index (χ1n) is 3.72. The lowest BCUT2D eigenvalue weighted by atomic mass is 10.2. The Kier molecular flexibility index (Phi) is 1.47. The van der Waals surface area contributed by atoms with Crippen LogP contribution in [-0.2, 0) is 0 Å². The van der Waals surface area contributed by atoms with Gasteiger partial charge in [-0.25, -0.2) is 0 Å². The Morgan fingerprint density at radius 2 is 2.55 bits per heavy atom. The molecule has 0 bridgehead atoms. The molecule has 0 spiro atoms. The lowest BCUT2D eigenvalue weighted by molar-refractivity contribution is 1.06. The fourth-order valence-electron chi connectivity index (χ4n) is 1.09. The van der Waals surface area contributed by atoms with Crippen LogP contribution in [-0.4, -0.2) is 11.5 Å². The van der Waals surface area contributed by atoms with E-state index in [1.54, 1.807) is 6.08 Å². The molecular weight excluding hydrogens is 136 g/mol. The standard InChI is InChI=1S/C9H10N2/c1-2-8-5-7(3-4-10-8)9-6-11-9/h2-5,9,11H,1,6H2/t9-/m1/s1. The van der Waals surface area contributed by atoms with Gasteiger partial charge in [-0.05, 0) is 23.8 Å². The van der Waals surface area contributed by atoms with Gasteiger partial charge in [-0.3, -0.25) is 4.98 Å². The zero-order chi connectivity index (χ0) is 7.68. The van der Waals surface area contributed by atoms with Crippen LogP contribution >= 0.6 is 0 Å². The van der Waals surface area contributed by atoms with Gasteiger partial charge in [0.25, 0.3) is 0 Å². The van der Waals surface area contributed by atoms with Crippen LogP contribution in [0.4, 0.5) is 0 Å². The van der Waals surface area contributed by atoms with E-state index in [4.69, 9.17) is 0 Å². The van der Waals surface area contributed by atoms with Crippen LogP contribution in [0.15, 0.2) is 24.9 Å². The Balaban J connectivity index is 2.33. The Morgan fingerprint density at radius 3 is 3.18 bits per heavy atom. The number of hydrogen-bond donors (Lipinski definition) is 1. The second-order valence-electron chi connectivity index (χ2n) is 2.68. The molecule has 2 heterocycles. The van der Waals surface area contributed by atoms with Gasteiger partial charge in [-0.2, -0.15) is 0 Å². The number of hydrogen-bond acceptors (Lipinski definition) is 2. The molecule has 1 aromatic rings. The fourth-order valence-corrected chi connectivity index (χ4v) is 1.09. The summed E-state index contributed by atoms with van der Waals surface area (Å²) in [7, 11) is 0. The van der Waals surface area contributed by atoms with Crippen LogP contribution in [0.2, 0.25) is 0 Å². The fraction of sp³-hybridized carbons (Fsp3) is 0.222. The third-order valence-corrected chi connectivity index (χ3v) is 1.82. The molecule has 1 saturated heterocycles. The molecule has 1 aliphatic rings. The molecule has 1 aromatic heterocycles. The molecule has 1 atom stereocenters. The molecule has 2 rings (SSSR count).